The van der Waals surface area contributed by atoms with Gasteiger partial charge in [-0.3, -0.25) is 0 Å². The first-order valence-corrected chi connectivity index (χ1v) is 8.28. The van der Waals surface area contributed by atoms with E-state index in [4.69, 9.17) is 4.74 Å². The third kappa shape index (κ3) is 2.51. The van der Waals surface area contributed by atoms with Crippen LogP contribution in [0.4, 0.5) is 0 Å². The molecule has 0 bridgehead atoms. The van der Waals surface area contributed by atoms with E-state index in [1.54, 1.807) is 18.2 Å². The lowest BCUT2D eigenvalue weighted by atomic mass is 9.87. The van der Waals surface area contributed by atoms with Gasteiger partial charge in [0.15, 0.2) is 15.6 Å². The number of hydrogen-bond donors (Lipinski definition) is 0. The summed E-state index contributed by atoms with van der Waals surface area (Å²) in [6.45, 7) is 6.12. The maximum absolute atomic E-state index is 12.6. The highest BCUT2D eigenvalue weighted by atomic mass is 32.2. The van der Waals surface area contributed by atoms with Gasteiger partial charge in [-0.1, -0.05) is 26.8 Å². The van der Waals surface area contributed by atoms with Crippen molar-refractivity contribution in [2.75, 3.05) is 0 Å². The van der Waals surface area contributed by atoms with Crippen LogP contribution in [0.15, 0.2) is 35.4 Å². The van der Waals surface area contributed by atoms with Gasteiger partial charge in [0, 0.05) is 6.07 Å². The number of fused-ring (bicyclic) bond motifs is 2. The minimum Gasteiger partial charge on any atom is -0.454 e. The second-order valence-corrected chi connectivity index (χ2v) is 8.07. The first-order chi connectivity index (χ1) is 9.77. The average molecular weight is 304 g/mol. The topological polar surface area (TPSA) is 69.2 Å². The maximum atomic E-state index is 12.6. The Balaban J connectivity index is 2.21. The Labute approximate surface area is 123 Å². The van der Waals surface area contributed by atoms with Crippen LogP contribution in [0.25, 0.3) is 0 Å². The number of benzene rings is 1. The highest BCUT2D eigenvalue weighted by Crippen LogP contribution is 2.38. The zero-order chi connectivity index (χ0) is 15.3. The van der Waals surface area contributed by atoms with E-state index in [0.29, 0.717) is 17.2 Å². The molecular weight excluding hydrogens is 288 g/mol. The van der Waals surface area contributed by atoms with Gasteiger partial charge in [0.05, 0.1) is 6.20 Å². The Morgan fingerprint density at radius 2 is 1.90 bits per heavy atom. The van der Waals surface area contributed by atoms with Crippen LogP contribution < -0.4 is 4.74 Å². The molecule has 1 aliphatic heterocycles. The Bertz CT molecular complexity index is 808. The van der Waals surface area contributed by atoms with E-state index in [-0.39, 0.29) is 16.1 Å². The minimum absolute atomic E-state index is 0.135. The van der Waals surface area contributed by atoms with Crippen molar-refractivity contribution in [2.24, 2.45) is 0 Å². The molecule has 2 aromatic rings. The van der Waals surface area contributed by atoms with Crippen molar-refractivity contribution in [1.82, 2.24) is 10.2 Å². The number of hydrogen-bond acceptors (Lipinski definition) is 5. The van der Waals surface area contributed by atoms with Crippen molar-refractivity contribution in [3.8, 4) is 11.5 Å². The molecule has 1 aromatic heterocycles. The Kier molecular flexibility index (Phi) is 3.02. The molecule has 0 saturated heterocycles. The molecule has 5 nitrogen and oxygen atoms in total. The highest BCUT2D eigenvalue weighted by Gasteiger charge is 2.29. The second kappa shape index (κ2) is 4.53. The van der Waals surface area contributed by atoms with Crippen molar-refractivity contribution < 1.29 is 13.2 Å². The van der Waals surface area contributed by atoms with Crippen molar-refractivity contribution in [3.63, 3.8) is 0 Å². The fraction of sp³-hybridized carbons (Fsp3) is 0.333. The maximum Gasteiger partial charge on any atom is 0.187 e. The molecular formula is C15H16N2O3S. The van der Waals surface area contributed by atoms with E-state index in [1.165, 1.54) is 6.20 Å². The summed E-state index contributed by atoms with van der Waals surface area (Å²) in [5.41, 5.74) is 1.15. The number of rotatable bonds is 0. The van der Waals surface area contributed by atoms with Gasteiger partial charge in [-0.25, -0.2) is 8.42 Å². The normalized spacial score (nSPS) is 16.3. The lowest BCUT2D eigenvalue weighted by molar-refractivity contribution is 0.462. The summed E-state index contributed by atoms with van der Waals surface area (Å²) in [6.07, 6.45) is 1.49. The monoisotopic (exact) mass is 304 g/mol. The quantitative estimate of drug-likeness (QED) is 0.748. The summed E-state index contributed by atoms with van der Waals surface area (Å²) >= 11 is 0. The summed E-state index contributed by atoms with van der Waals surface area (Å²) < 4.78 is 30.9. The molecule has 110 valence electrons. The van der Waals surface area contributed by atoms with Crippen LogP contribution in [0.2, 0.25) is 0 Å². The molecule has 1 aromatic carbocycles. The van der Waals surface area contributed by atoms with Gasteiger partial charge in [-0.05, 0) is 23.1 Å². The van der Waals surface area contributed by atoms with Gasteiger partial charge in [-0.15, -0.1) is 0 Å². The Morgan fingerprint density at radius 3 is 2.62 bits per heavy atom. The summed E-state index contributed by atoms with van der Waals surface area (Å²) in [5.74, 6) is 0.585. The molecule has 0 unspecified atom stereocenters. The largest absolute Gasteiger partial charge is 0.454 e. The van der Waals surface area contributed by atoms with Crippen LogP contribution in [0.1, 0.15) is 32.0 Å². The second-order valence-electron chi connectivity index (χ2n) is 6.11. The van der Waals surface area contributed by atoms with Crippen LogP contribution in [0.5, 0.6) is 11.5 Å². The van der Waals surface area contributed by atoms with E-state index in [9.17, 15) is 8.42 Å². The minimum atomic E-state index is -3.50. The summed E-state index contributed by atoms with van der Waals surface area (Å²) in [5, 5.41) is 7.61. The van der Waals surface area contributed by atoms with Gasteiger partial charge in [0.1, 0.15) is 22.1 Å². The first kappa shape index (κ1) is 14.0. The third-order valence-electron chi connectivity index (χ3n) is 3.45. The summed E-state index contributed by atoms with van der Waals surface area (Å²) in [4.78, 5) is 0.216. The van der Waals surface area contributed by atoms with E-state index in [0.717, 1.165) is 5.56 Å². The molecule has 2 heterocycles. The first-order valence-electron chi connectivity index (χ1n) is 6.63. The number of aromatic nitrogens is 2. The number of ether oxygens (including phenoxy) is 1. The number of sulfone groups is 1. The predicted octanol–water partition coefficient (Wildman–Crippen LogP) is 2.85. The van der Waals surface area contributed by atoms with Gasteiger partial charge < -0.3 is 4.74 Å². The Morgan fingerprint density at radius 1 is 1.14 bits per heavy atom. The van der Waals surface area contributed by atoms with E-state index < -0.39 is 9.84 Å². The van der Waals surface area contributed by atoms with Gasteiger partial charge in [-0.2, -0.15) is 10.2 Å². The average Bonchev–Trinajstić information content (AvgIpc) is 2.50. The van der Waals surface area contributed by atoms with Crippen molar-refractivity contribution in [1.29, 1.82) is 0 Å². The molecule has 0 N–H and O–H groups in total. The highest BCUT2D eigenvalue weighted by molar-refractivity contribution is 7.90. The van der Waals surface area contributed by atoms with Crippen LogP contribution in [-0.2, 0) is 21.0 Å². The summed E-state index contributed by atoms with van der Waals surface area (Å²) in [7, 11) is -3.50. The van der Waals surface area contributed by atoms with Crippen LogP contribution >= 0.6 is 0 Å². The van der Waals surface area contributed by atoms with Crippen LogP contribution in [0.3, 0.4) is 0 Å². The van der Waals surface area contributed by atoms with Gasteiger partial charge in [0.25, 0.3) is 0 Å². The third-order valence-corrected chi connectivity index (χ3v) is 5.09. The van der Waals surface area contributed by atoms with Gasteiger partial charge in [0.2, 0.25) is 0 Å². The molecule has 0 atom stereocenters. The van der Waals surface area contributed by atoms with Crippen molar-refractivity contribution >= 4 is 9.84 Å². The van der Waals surface area contributed by atoms with Crippen LogP contribution in [-0.4, -0.2) is 18.6 Å². The number of nitrogens with zero attached hydrogens (tertiary/aromatic N) is 2. The fourth-order valence-electron chi connectivity index (χ4n) is 2.22. The molecule has 3 rings (SSSR count). The molecule has 0 spiro atoms. The molecule has 0 saturated carbocycles. The Hall–Kier alpha value is -1.95. The van der Waals surface area contributed by atoms with Crippen molar-refractivity contribution in [3.05, 3.63) is 41.7 Å². The van der Waals surface area contributed by atoms with E-state index in [1.807, 2.05) is 26.8 Å². The molecule has 0 amide bonds. The standard InChI is InChI=1S/C15H16N2O3S/c1-15(2,3)10-4-5-13-14(8-10)21(18,19)9-11-12(20-13)6-7-16-17-11/h4-8H,9H2,1-3H3. The molecule has 1 aliphatic rings. The lowest BCUT2D eigenvalue weighted by Gasteiger charge is -2.20. The molecule has 21 heavy (non-hydrogen) atoms. The smallest absolute Gasteiger partial charge is 0.187 e. The zero-order valence-electron chi connectivity index (χ0n) is 12.1. The van der Waals surface area contributed by atoms with E-state index >= 15 is 0 Å². The zero-order valence-corrected chi connectivity index (χ0v) is 12.9. The molecule has 0 aliphatic carbocycles. The molecule has 0 fully saturated rings. The predicted molar refractivity (Wildman–Crippen MR) is 78.1 cm³/mol. The van der Waals surface area contributed by atoms with Crippen molar-refractivity contribution in [2.45, 2.75) is 36.8 Å². The van der Waals surface area contributed by atoms with Crippen LogP contribution in [0, 0.1) is 0 Å². The molecule has 6 heteroatoms. The lowest BCUT2D eigenvalue weighted by Crippen LogP contribution is -2.13. The fourth-order valence-corrected chi connectivity index (χ4v) is 3.66. The summed E-state index contributed by atoms with van der Waals surface area (Å²) in [6, 6.07) is 6.94. The SMILES string of the molecule is CC(C)(C)c1ccc2c(c1)S(=O)(=O)Cc1nnccc1O2. The van der Waals surface area contributed by atoms with Gasteiger partial charge >= 0.3 is 0 Å². The van der Waals surface area contributed by atoms with E-state index in [2.05, 4.69) is 10.2 Å². The molecule has 0 radical (unpaired) electrons.